The van der Waals surface area contributed by atoms with Gasteiger partial charge in [0.2, 0.25) is 0 Å². The first-order valence-corrected chi connectivity index (χ1v) is 4.85. The third-order valence-electron chi connectivity index (χ3n) is 2.04. The van der Waals surface area contributed by atoms with Gasteiger partial charge in [0.1, 0.15) is 5.78 Å². The summed E-state index contributed by atoms with van der Waals surface area (Å²) in [5.41, 5.74) is 2.13. The Balaban J connectivity index is 2.93. The van der Waals surface area contributed by atoms with Crippen molar-refractivity contribution >= 4 is 23.1 Å². The molecule has 1 rings (SSSR count). The Hall–Kier alpha value is -1.02. The van der Waals surface area contributed by atoms with Gasteiger partial charge in [0.15, 0.2) is 0 Å². The normalized spacial score (nSPS) is 10.0. The number of hydrogen-bond acceptors (Lipinski definition) is 2. The topological polar surface area (TPSA) is 20.3 Å². The minimum absolute atomic E-state index is 0.145. The van der Waals surface area contributed by atoms with E-state index in [0.29, 0.717) is 11.6 Å². The summed E-state index contributed by atoms with van der Waals surface area (Å²) in [6.07, 6.45) is 0. The molecule has 0 unspecified atom stereocenters. The van der Waals surface area contributed by atoms with Gasteiger partial charge in [-0.1, -0.05) is 17.7 Å². The molecule has 0 aliphatic rings. The molecule has 1 aromatic rings. The lowest BCUT2D eigenvalue weighted by Gasteiger charge is -2.20. The molecule has 0 amide bonds. The van der Waals surface area contributed by atoms with Gasteiger partial charge in [-0.2, -0.15) is 0 Å². The van der Waals surface area contributed by atoms with E-state index < -0.39 is 0 Å². The van der Waals surface area contributed by atoms with Crippen LogP contribution in [0.15, 0.2) is 18.2 Å². The molecule has 0 aromatic heterocycles. The van der Waals surface area contributed by atoms with Crippen LogP contribution in [0.2, 0.25) is 5.02 Å². The highest BCUT2D eigenvalue weighted by atomic mass is 35.5. The van der Waals surface area contributed by atoms with Crippen LogP contribution in [0.4, 0.5) is 5.69 Å². The number of Topliss-reactive ketones (excluding diaryl/α,β-unsaturated/α-hetero) is 1. The van der Waals surface area contributed by atoms with Crippen molar-refractivity contribution in [2.45, 2.75) is 13.8 Å². The molecule has 14 heavy (non-hydrogen) atoms. The Morgan fingerprint density at radius 2 is 2.14 bits per heavy atom. The fourth-order valence-electron chi connectivity index (χ4n) is 1.41. The van der Waals surface area contributed by atoms with Gasteiger partial charge in [-0.3, -0.25) is 4.79 Å². The van der Waals surface area contributed by atoms with E-state index in [1.165, 1.54) is 0 Å². The Morgan fingerprint density at radius 1 is 1.50 bits per heavy atom. The highest BCUT2D eigenvalue weighted by Crippen LogP contribution is 2.22. The summed E-state index contributed by atoms with van der Waals surface area (Å²) in [5, 5.41) is 0.695. The van der Waals surface area contributed by atoms with Gasteiger partial charge in [0, 0.05) is 17.8 Å². The van der Waals surface area contributed by atoms with E-state index in [1.807, 2.05) is 37.1 Å². The first-order chi connectivity index (χ1) is 6.50. The number of benzene rings is 1. The third kappa shape index (κ3) is 2.74. The highest BCUT2D eigenvalue weighted by Gasteiger charge is 2.06. The summed E-state index contributed by atoms with van der Waals surface area (Å²) in [6, 6.07) is 5.68. The highest BCUT2D eigenvalue weighted by molar-refractivity contribution is 6.30. The number of aryl methyl sites for hydroxylation is 1. The second-order valence-electron chi connectivity index (χ2n) is 3.49. The summed E-state index contributed by atoms with van der Waals surface area (Å²) in [5.74, 6) is 0.145. The summed E-state index contributed by atoms with van der Waals surface area (Å²) >= 11 is 5.89. The molecule has 1 aromatic carbocycles. The number of halogens is 1. The van der Waals surface area contributed by atoms with Gasteiger partial charge in [-0.15, -0.1) is 0 Å². The largest absolute Gasteiger partial charge is 0.367 e. The number of nitrogens with zero attached hydrogens (tertiary/aromatic N) is 1. The van der Waals surface area contributed by atoms with E-state index in [0.717, 1.165) is 11.3 Å². The molecule has 0 radical (unpaired) electrons. The average molecular weight is 212 g/mol. The zero-order valence-corrected chi connectivity index (χ0v) is 9.43. The molecule has 3 heteroatoms. The lowest BCUT2D eigenvalue weighted by atomic mass is 10.2. The molecule has 2 nitrogen and oxygen atoms in total. The van der Waals surface area contributed by atoms with Crippen molar-refractivity contribution in [1.82, 2.24) is 0 Å². The number of likely N-dealkylation sites (N-methyl/N-ethyl adjacent to an activating group) is 1. The Kier molecular flexibility index (Phi) is 3.53. The minimum atomic E-state index is 0.145. The van der Waals surface area contributed by atoms with Crippen molar-refractivity contribution in [2.75, 3.05) is 18.5 Å². The maximum Gasteiger partial charge on any atom is 0.149 e. The molecular formula is C11H14ClNO. The molecule has 0 bridgehead atoms. The number of anilines is 1. The van der Waals surface area contributed by atoms with Crippen molar-refractivity contribution in [1.29, 1.82) is 0 Å². The van der Waals surface area contributed by atoms with E-state index in [2.05, 4.69) is 0 Å². The van der Waals surface area contributed by atoms with Crippen LogP contribution in [0.3, 0.4) is 0 Å². The van der Waals surface area contributed by atoms with E-state index in [4.69, 9.17) is 11.6 Å². The smallest absolute Gasteiger partial charge is 0.149 e. The van der Waals surface area contributed by atoms with Crippen LogP contribution in [0.25, 0.3) is 0 Å². The summed E-state index contributed by atoms with van der Waals surface area (Å²) in [7, 11) is 1.89. The zero-order valence-electron chi connectivity index (χ0n) is 8.67. The Morgan fingerprint density at radius 3 is 2.71 bits per heavy atom. The number of carbonyl (C=O) groups is 1. The van der Waals surface area contributed by atoms with E-state index in [1.54, 1.807) is 6.92 Å². The fraction of sp³-hybridized carbons (Fsp3) is 0.364. The van der Waals surface area contributed by atoms with Crippen LogP contribution in [0.5, 0.6) is 0 Å². The van der Waals surface area contributed by atoms with Crippen LogP contribution < -0.4 is 4.90 Å². The van der Waals surface area contributed by atoms with Crippen molar-refractivity contribution in [3.05, 3.63) is 28.8 Å². The van der Waals surface area contributed by atoms with Gasteiger partial charge in [0.05, 0.1) is 6.54 Å². The monoisotopic (exact) mass is 211 g/mol. The van der Waals surface area contributed by atoms with Gasteiger partial charge in [-0.05, 0) is 31.5 Å². The van der Waals surface area contributed by atoms with Crippen LogP contribution >= 0.6 is 11.6 Å². The van der Waals surface area contributed by atoms with Crippen LogP contribution in [0, 0.1) is 6.92 Å². The zero-order chi connectivity index (χ0) is 10.7. The molecule has 76 valence electrons. The van der Waals surface area contributed by atoms with Crippen molar-refractivity contribution in [3.63, 3.8) is 0 Å². The number of carbonyl (C=O) groups excluding carboxylic acids is 1. The SMILES string of the molecule is CC(=O)CN(C)c1cc(Cl)ccc1C. The lowest BCUT2D eigenvalue weighted by Crippen LogP contribution is -2.24. The minimum Gasteiger partial charge on any atom is -0.367 e. The van der Waals surface area contributed by atoms with E-state index in [-0.39, 0.29) is 5.78 Å². The predicted molar refractivity (Wildman–Crippen MR) is 60.1 cm³/mol. The van der Waals surface area contributed by atoms with Crippen molar-refractivity contribution in [3.8, 4) is 0 Å². The van der Waals surface area contributed by atoms with Gasteiger partial charge >= 0.3 is 0 Å². The summed E-state index contributed by atoms with van der Waals surface area (Å²) in [4.78, 5) is 12.9. The molecule has 0 aliphatic carbocycles. The average Bonchev–Trinajstić information content (AvgIpc) is 2.08. The molecule has 0 heterocycles. The molecule has 0 saturated heterocycles. The third-order valence-corrected chi connectivity index (χ3v) is 2.28. The van der Waals surface area contributed by atoms with Crippen LogP contribution in [-0.4, -0.2) is 19.4 Å². The Labute approximate surface area is 89.5 Å². The first kappa shape index (κ1) is 11.1. The van der Waals surface area contributed by atoms with Crippen LogP contribution in [-0.2, 0) is 4.79 Å². The van der Waals surface area contributed by atoms with Crippen LogP contribution in [0.1, 0.15) is 12.5 Å². The van der Waals surface area contributed by atoms with Gasteiger partial charge in [0.25, 0.3) is 0 Å². The molecule has 0 aliphatic heterocycles. The maximum absolute atomic E-state index is 10.9. The molecular weight excluding hydrogens is 198 g/mol. The quantitative estimate of drug-likeness (QED) is 0.766. The van der Waals surface area contributed by atoms with Gasteiger partial charge < -0.3 is 4.90 Å². The number of hydrogen-bond donors (Lipinski definition) is 0. The van der Waals surface area contributed by atoms with Crippen molar-refractivity contribution in [2.24, 2.45) is 0 Å². The maximum atomic E-state index is 10.9. The predicted octanol–water partition coefficient (Wildman–Crippen LogP) is 2.67. The van der Waals surface area contributed by atoms with Crippen molar-refractivity contribution < 1.29 is 4.79 Å². The summed E-state index contributed by atoms with van der Waals surface area (Å²) in [6.45, 7) is 4.00. The molecule has 0 spiro atoms. The summed E-state index contributed by atoms with van der Waals surface area (Å²) < 4.78 is 0. The van der Waals surface area contributed by atoms with E-state index in [9.17, 15) is 4.79 Å². The second-order valence-corrected chi connectivity index (χ2v) is 3.93. The molecule has 0 saturated carbocycles. The second kappa shape index (κ2) is 4.47. The van der Waals surface area contributed by atoms with E-state index >= 15 is 0 Å². The molecule has 0 atom stereocenters. The molecule has 0 N–H and O–H groups in total. The lowest BCUT2D eigenvalue weighted by molar-refractivity contribution is -0.115. The fourth-order valence-corrected chi connectivity index (χ4v) is 1.58. The van der Waals surface area contributed by atoms with Gasteiger partial charge in [-0.25, -0.2) is 0 Å². The molecule has 0 fully saturated rings. The number of ketones is 1. The standard InChI is InChI=1S/C11H14ClNO/c1-8-4-5-10(12)6-11(8)13(3)7-9(2)14/h4-6H,7H2,1-3H3. The first-order valence-electron chi connectivity index (χ1n) is 4.47. The Bertz CT molecular complexity index is 349. The number of rotatable bonds is 3.